The van der Waals surface area contributed by atoms with Gasteiger partial charge in [-0.25, -0.2) is 4.79 Å². The fourth-order valence-corrected chi connectivity index (χ4v) is 4.11. The molecule has 2 aliphatic heterocycles. The Kier molecular flexibility index (Phi) is 4.58. The van der Waals surface area contributed by atoms with E-state index in [1.807, 2.05) is 18.2 Å². The first kappa shape index (κ1) is 19.7. The lowest BCUT2D eigenvalue weighted by atomic mass is 9.90. The summed E-state index contributed by atoms with van der Waals surface area (Å²) in [6.07, 6.45) is 4.91. The lowest BCUT2D eigenvalue weighted by Crippen LogP contribution is -2.52. The van der Waals surface area contributed by atoms with Crippen molar-refractivity contribution in [2.45, 2.75) is 12.1 Å². The van der Waals surface area contributed by atoms with Crippen molar-refractivity contribution in [1.82, 2.24) is 25.5 Å². The molecule has 1 unspecified atom stereocenters. The van der Waals surface area contributed by atoms with Crippen molar-refractivity contribution >= 4 is 17.8 Å². The summed E-state index contributed by atoms with van der Waals surface area (Å²) in [7, 11) is 1.54. The second-order valence-corrected chi connectivity index (χ2v) is 7.67. The van der Waals surface area contributed by atoms with Crippen LogP contribution in [0.4, 0.5) is 4.79 Å². The zero-order valence-electron chi connectivity index (χ0n) is 17.2. The van der Waals surface area contributed by atoms with Gasteiger partial charge in [0.05, 0.1) is 19.3 Å². The normalized spacial score (nSPS) is 19.5. The highest BCUT2D eigenvalue weighted by atomic mass is 16.5. The third-order valence-corrected chi connectivity index (χ3v) is 5.78. The van der Waals surface area contributed by atoms with E-state index < -0.39 is 17.5 Å². The molecule has 32 heavy (non-hydrogen) atoms. The molecule has 4 amide bonds. The number of amides is 4. The molecule has 0 radical (unpaired) electrons. The van der Waals surface area contributed by atoms with Crippen molar-refractivity contribution in [3.63, 3.8) is 0 Å². The Labute approximate surface area is 183 Å². The lowest BCUT2D eigenvalue weighted by Gasteiger charge is -2.31. The predicted molar refractivity (Wildman–Crippen MR) is 114 cm³/mol. The smallest absolute Gasteiger partial charge is 0.322 e. The van der Waals surface area contributed by atoms with Crippen LogP contribution in [0.2, 0.25) is 0 Å². The van der Waals surface area contributed by atoms with Crippen LogP contribution in [0.25, 0.3) is 11.3 Å². The number of hydrogen-bond donors (Lipinski definition) is 2. The molecule has 9 heteroatoms. The Morgan fingerprint density at radius 2 is 2.00 bits per heavy atom. The number of ether oxygens (including phenoxy) is 1. The van der Waals surface area contributed by atoms with E-state index in [1.165, 1.54) is 7.11 Å². The van der Waals surface area contributed by atoms with Crippen molar-refractivity contribution in [1.29, 1.82) is 0 Å². The summed E-state index contributed by atoms with van der Waals surface area (Å²) in [5.41, 5.74) is 1.90. The van der Waals surface area contributed by atoms with Crippen LogP contribution in [-0.4, -0.2) is 46.4 Å². The Balaban J connectivity index is 1.48. The monoisotopic (exact) mass is 429 g/mol. The number of nitrogens with zero attached hydrogens (tertiary/aromatic N) is 3. The Morgan fingerprint density at radius 3 is 2.66 bits per heavy atom. The molecule has 0 spiro atoms. The van der Waals surface area contributed by atoms with Crippen LogP contribution < -0.4 is 15.4 Å². The Bertz CT molecular complexity index is 1230. The van der Waals surface area contributed by atoms with Gasteiger partial charge in [-0.05, 0) is 35.9 Å². The molecule has 0 bridgehead atoms. The summed E-state index contributed by atoms with van der Waals surface area (Å²) < 4.78 is 5.22. The average molecular weight is 429 g/mol. The number of benzene rings is 1. The number of fused-ring (bicyclic) bond motifs is 1. The van der Waals surface area contributed by atoms with Gasteiger partial charge in [0.25, 0.3) is 11.8 Å². The number of methoxy groups -OCH3 is 1. The van der Waals surface area contributed by atoms with Crippen molar-refractivity contribution in [3.05, 3.63) is 77.7 Å². The minimum Gasteiger partial charge on any atom is -0.497 e. The summed E-state index contributed by atoms with van der Waals surface area (Å²) in [5.74, 6) is -0.178. The zero-order chi connectivity index (χ0) is 22.3. The third-order valence-electron chi connectivity index (χ3n) is 5.78. The highest BCUT2D eigenvalue weighted by Crippen LogP contribution is 2.32. The molecule has 1 atom stereocenters. The first-order valence-electron chi connectivity index (χ1n) is 9.97. The number of rotatable bonds is 5. The molecule has 0 saturated carbocycles. The van der Waals surface area contributed by atoms with Gasteiger partial charge in [0.2, 0.25) is 0 Å². The maximum absolute atomic E-state index is 13.1. The van der Waals surface area contributed by atoms with Gasteiger partial charge in [0, 0.05) is 41.8 Å². The van der Waals surface area contributed by atoms with E-state index in [4.69, 9.17) is 4.74 Å². The number of urea groups is 1. The van der Waals surface area contributed by atoms with Gasteiger partial charge in [0.15, 0.2) is 5.54 Å². The molecule has 1 fully saturated rings. The van der Waals surface area contributed by atoms with E-state index in [-0.39, 0.29) is 12.5 Å². The van der Waals surface area contributed by atoms with E-state index in [2.05, 4.69) is 20.6 Å². The Hall–Kier alpha value is -4.27. The summed E-state index contributed by atoms with van der Waals surface area (Å²) in [6, 6.07) is 11.9. The molecule has 9 nitrogen and oxygen atoms in total. The molecular formula is C23H19N5O4. The molecule has 3 aromatic rings. The number of hydrogen-bond acceptors (Lipinski definition) is 6. The van der Waals surface area contributed by atoms with E-state index in [0.29, 0.717) is 29.1 Å². The van der Waals surface area contributed by atoms with E-state index in [0.717, 1.165) is 11.1 Å². The number of carbonyl (C=O) groups is 3. The Morgan fingerprint density at radius 1 is 1.12 bits per heavy atom. The molecule has 2 aromatic heterocycles. The van der Waals surface area contributed by atoms with Crippen molar-refractivity contribution in [2.24, 2.45) is 0 Å². The number of imide groups is 1. The number of nitrogens with one attached hydrogen (secondary N) is 2. The quantitative estimate of drug-likeness (QED) is 0.599. The standard InChI is InChI=1S/C23H19N5O4/c1-32-17-6-4-15-12-28(20(29)18(15)9-17)13-23(21(30)26-22(31)27-23)16-5-7-19(25-11-16)14-3-2-8-24-10-14/h2-11H,12-13H2,1H3,(H2,26,27,30,31). The molecular weight excluding hydrogens is 410 g/mol. The first-order chi connectivity index (χ1) is 15.5. The summed E-state index contributed by atoms with van der Waals surface area (Å²) in [6.45, 7) is 0.290. The molecule has 2 aliphatic rings. The fourth-order valence-electron chi connectivity index (χ4n) is 4.11. The average Bonchev–Trinajstić information content (AvgIpc) is 3.29. The van der Waals surface area contributed by atoms with Gasteiger partial charge < -0.3 is 15.0 Å². The summed E-state index contributed by atoms with van der Waals surface area (Å²) >= 11 is 0. The summed E-state index contributed by atoms with van der Waals surface area (Å²) in [4.78, 5) is 48.2. The van der Waals surface area contributed by atoms with Crippen LogP contribution in [0.3, 0.4) is 0 Å². The highest BCUT2D eigenvalue weighted by Gasteiger charge is 2.50. The van der Waals surface area contributed by atoms with Gasteiger partial charge in [-0.3, -0.25) is 24.9 Å². The molecule has 160 valence electrons. The summed E-state index contributed by atoms with van der Waals surface area (Å²) in [5, 5.41) is 5.01. The maximum atomic E-state index is 13.1. The van der Waals surface area contributed by atoms with E-state index >= 15 is 0 Å². The largest absolute Gasteiger partial charge is 0.497 e. The SMILES string of the molecule is COc1ccc2c(c1)C(=O)N(CC1(c3ccc(-c4cccnc4)nc3)NC(=O)NC1=O)C2. The molecule has 4 heterocycles. The van der Waals surface area contributed by atoms with Gasteiger partial charge in [-0.2, -0.15) is 0 Å². The van der Waals surface area contributed by atoms with Crippen LogP contribution in [0.1, 0.15) is 21.5 Å². The minimum atomic E-state index is -1.45. The van der Waals surface area contributed by atoms with Crippen LogP contribution in [-0.2, 0) is 16.9 Å². The fraction of sp³-hybridized carbons (Fsp3) is 0.174. The predicted octanol–water partition coefficient (Wildman–Crippen LogP) is 1.84. The van der Waals surface area contributed by atoms with Gasteiger partial charge in [-0.15, -0.1) is 0 Å². The lowest BCUT2D eigenvalue weighted by molar-refractivity contribution is -0.124. The number of pyridine rings is 2. The third kappa shape index (κ3) is 3.15. The van der Waals surface area contributed by atoms with Crippen LogP contribution >= 0.6 is 0 Å². The number of carbonyl (C=O) groups excluding carboxylic acids is 3. The van der Waals surface area contributed by atoms with Crippen molar-refractivity contribution in [2.75, 3.05) is 13.7 Å². The minimum absolute atomic E-state index is 0.0334. The second kappa shape index (κ2) is 7.45. The van der Waals surface area contributed by atoms with Crippen molar-refractivity contribution in [3.8, 4) is 17.0 Å². The topological polar surface area (TPSA) is 114 Å². The zero-order valence-corrected chi connectivity index (χ0v) is 17.2. The van der Waals surface area contributed by atoms with Crippen LogP contribution in [0.5, 0.6) is 5.75 Å². The first-order valence-corrected chi connectivity index (χ1v) is 9.97. The maximum Gasteiger partial charge on any atom is 0.322 e. The molecule has 2 N–H and O–H groups in total. The van der Waals surface area contributed by atoms with Crippen LogP contribution in [0, 0.1) is 0 Å². The van der Waals surface area contributed by atoms with Gasteiger partial charge in [-0.1, -0.05) is 12.1 Å². The molecule has 0 aliphatic carbocycles. The van der Waals surface area contributed by atoms with Gasteiger partial charge in [0.1, 0.15) is 5.75 Å². The second-order valence-electron chi connectivity index (χ2n) is 7.67. The van der Waals surface area contributed by atoms with E-state index in [1.54, 1.807) is 47.8 Å². The highest BCUT2D eigenvalue weighted by molar-refractivity contribution is 6.08. The van der Waals surface area contributed by atoms with Crippen LogP contribution in [0.15, 0.2) is 61.1 Å². The molecule has 1 aromatic carbocycles. The van der Waals surface area contributed by atoms with Crippen molar-refractivity contribution < 1.29 is 19.1 Å². The number of aromatic nitrogens is 2. The van der Waals surface area contributed by atoms with E-state index in [9.17, 15) is 14.4 Å². The molecule has 5 rings (SSSR count). The van der Waals surface area contributed by atoms with Gasteiger partial charge >= 0.3 is 6.03 Å². The molecule has 1 saturated heterocycles.